The number of nitrogens with one attached hydrogen (secondary N) is 1. The lowest BCUT2D eigenvalue weighted by molar-refractivity contribution is -0.140. The van der Waals surface area contributed by atoms with Crippen LogP contribution >= 0.6 is 0 Å². The van der Waals surface area contributed by atoms with Gasteiger partial charge in [-0.2, -0.15) is 0 Å². The summed E-state index contributed by atoms with van der Waals surface area (Å²) in [6.07, 6.45) is 3.06. The Kier molecular flexibility index (Phi) is 3.61. The highest BCUT2D eigenvalue weighted by Crippen LogP contribution is 2.35. The Bertz CT molecular complexity index is 287. The molecule has 1 amide bonds. The smallest absolute Gasteiger partial charge is 0.305 e. The Morgan fingerprint density at radius 2 is 1.88 bits per heavy atom. The molecule has 1 aliphatic carbocycles. The molecule has 0 aromatic heterocycles. The van der Waals surface area contributed by atoms with Crippen molar-refractivity contribution in [3.05, 3.63) is 0 Å². The summed E-state index contributed by atoms with van der Waals surface area (Å²) in [5.41, 5.74) is -0.521. The fourth-order valence-corrected chi connectivity index (χ4v) is 2.06. The maximum atomic E-state index is 11.7. The topological polar surface area (TPSA) is 66.4 Å². The van der Waals surface area contributed by atoms with Crippen LogP contribution in [0.2, 0.25) is 0 Å². The van der Waals surface area contributed by atoms with Gasteiger partial charge in [-0.15, -0.1) is 0 Å². The Labute approximate surface area is 96.4 Å². The van der Waals surface area contributed by atoms with E-state index >= 15 is 0 Å². The molecule has 0 radical (unpaired) electrons. The van der Waals surface area contributed by atoms with E-state index in [0.717, 1.165) is 19.3 Å². The van der Waals surface area contributed by atoms with Crippen molar-refractivity contribution in [2.24, 2.45) is 5.41 Å². The number of rotatable bonds is 4. The molecular formula is C12H21NO3. The number of carbonyl (C=O) groups is 2. The van der Waals surface area contributed by atoms with Crippen molar-refractivity contribution >= 4 is 11.9 Å². The van der Waals surface area contributed by atoms with Crippen LogP contribution in [0.25, 0.3) is 0 Å². The molecule has 0 aromatic carbocycles. The number of aliphatic carboxylic acids is 1. The van der Waals surface area contributed by atoms with Gasteiger partial charge in [-0.05, 0) is 24.7 Å². The van der Waals surface area contributed by atoms with E-state index in [0.29, 0.717) is 6.42 Å². The molecule has 4 nitrogen and oxygen atoms in total. The number of amides is 1. The van der Waals surface area contributed by atoms with Crippen LogP contribution in [0.15, 0.2) is 0 Å². The Morgan fingerprint density at radius 3 is 2.19 bits per heavy atom. The molecule has 0 spiro atoms. The molecule has 1 rings (SSSR count). The van der Waals surface area contributed by atoms with Gasteiger partial charge in [0.15, 0.2) is 0 Å². The van der Waals surface area contributed by atoms with E-state index in [1.54, 1.807) is 0 Å². The summed E-state index contributed by atoms with van der Waals surface area (Å²) in [5.74, 6) is -0.871. The highest BCUT2D eigenvalue weighted by molar-refractivity contribution is 5.79. The second-order valence-electron chi connectivity index (χ2n) is 5.99. The maximum absolute atomic E-state index is 11.7. The van der Waals surface area contributed by atoms with Gasteiger partial charge in [0.25, 0.3) is 0 Å². The molecule has 1 saturated carbocycles. The van der Waals surface area contributed by atoms with Gasteiger partial charge in [0.05, 0.1) is 12.0 Å². The van der Waals surface area contributed by atoms with Crippen molar-refractivity contribution in [1.82, 2.24) is 5.32 Å². The van der Waals surface area contributed by atoms with Gasteiger partial charge in [-0.3, -0.25) is 9.59 Å². The van der Waals surface area contributed by atoms with Gasteiger partial charge in [0.2, 0.25) is 5.91 Å². The van der Waals surface area contributed by atoms with Crippen molar-refractivity contribution in [2.75, 3.05) is 0 Å². The summed E-state index contributed by atoms with van der Waals surface area (Å²) in [6, 6.07) is 0. The summed E-state index contributed by atoms with van der Waals surface area (Å²) in [5, 5.41) is 11.7. The number of hydrogen-bond acceptors (Lipinski definition) is 2. The lowest BCUT2D eigenvalue weighted by atomic mass is 9.74. The molecule has 0 unspecified atom stereocenters. The van der Waals surface area contributed by atoms with Crippen molar-refractivity contribution in [1.29, 1.82) is 0 Å². The van der Waals surface area contributed by atoms with Crippen LogP contribution < -0.4 is 5.32 Å². The van der Waals surface area contributed by atoms with Crippen molar-refractivity contribution in [2.45, 2.75) is 58.4 Å². The van der Waals surface area contributed by atoms with Gasteiger partial charge < -0.3 is 10.4 Å². The minimum Gasteiger partial charge on any atom is -0.481 e. The molecule has 92 valence electrons. The van der Waals surface area contributed by atoms with Gasteiger partial charge in [-0.25, -0.2) is 0 Å². The fourth-order valence-electron chi connectivity index (χ4n) is 2.06. The fraction of sp³-hybridized carbons (Fsp3) is 0.833. The molecule has 0 bridgehead atoms. The first-order valence-electron chi connectivity index (χ1n) is 5.75. The Morgan fingerprint density at radius 1 is 1.31 bits per heavy atom. The second-order valence-corrected chi connectivity index (χ2v) is 5.99. The predicted octanol–water partition coefficient (Wildman–Crippen LogP) is 1.94. The van der Waals surface area contributed by atoms with E-state index in [-0.39, 0.29) is 17.7 Å². The molecule has 0 aromatic rings. The van der Waals surface area contributed by atoms with E-state index in [2.05, 4.69) is 5.32 Å². The van der Waals surface area contributed by atoms with E-state index in [1.807, 2.05) is 20.8 Å². The summed E-state index contributed by atoms with van der Waals surface area (Å²) in [7, 11) is 0. The third kappa shape index (κ3) is 3.83. The van der Waals surface area contributed by atoms with Crippen LogP contribution in [-0.2, 0) is 9.59 Å². The largest absolute Gasteiger partial charge is 0.481 e. The summed E-state index contributed by atoms with van der Waals surface area (Å²) in [6.45, 7) is 5.99. The molecule has 16 heavy (non-hydrogen) atoms. The first-order valence-corrected chi connectivity index (χ1v) is 5.75. The SMILES string of the molecule is CC(C)(C)CC(=O)NC1(CC(=O)O)CCC1. The average molecular weight is 227 g/mol. The molecule has 1 aliphatic rings. The number of carbonyl (C=O) groups excluding carboxylic acids is 1. The lowest BCUT2D eigenvalue weighted by Crippen LogP contribution is -2.55. The van der Waals surface area contributed by atoms with Crippen LogP contribution in [0, 0.1) is 5.41 Å². The summed E-state index contributed by atoms with van der Waals surface area (Å²) < 4.78 is 0. The highest BCUT2D eigenvalue weighted by atomic mass is 16.4. The van der Waals surface area contributed by atoms with Crippen LogP contribution in [-0.4, -0.2) is 22.5 Å². The first kappa shape index (κ1) is 13.0. The number of carboxylic acids is 1. The van der Waals surface area contributed by atoms with Crippen molar-refractivity contribution < 1.29 is 14.7 Å². The molecule has 1 fully saturated rings. The molecule has 2 N–H and O–H groups in total. The molecule has 0 atom stereocenters. The zero-order chi connectivity index (χ0) is 12.4. The minimum absolute atomic E-state index is 0.0338. The minimum atomic E-state index is -0.837. The Balaban J connectivity index is 2.50. The zero-order valence-corrected chi connectivity index (χ0v) is 10.3. The van der Waals surface area contributed by atoms with Gasteiger partial charge in [-0.1, -0.05) is 20.8 Å². The first-order chi connectivity index (χ1) is 7.22. The van der Waals surface area contributed by atoms with E-state index in [1.165, 1.54) is 0 Å². The Hall–Kier alpha value is -1.06. The average Bonchev–Trinajstić information content (AvgIpc) is 1.95. The predicted molar refractivity (Wildman–Crippen MR) is 61.0 cm³/mol. The van der Waals surface area contributed by atoms with Crippen LogP contribution in [0.3, 0.4) is 0 Å². The monoisotopic (exact) mass is 227 g/mol. The highest BCUT2D eigenvalue weighted by Gasteiger charge is 2.40. The number of carboxylic acid groups (broad SMARTS) is 1. The third-order valence-corrected chi connectivity index (χ3v) is 2.90. The molecule has 0 heterocycles. The van der Waals surface area contributed by atoms with Gasteiger partial charge in [0, 0.05) is 6.42 Å². The van der Waals surface area contributed by atoms with E-state index in [4.69, 9.17) is 5.11 Å². The summed E-state index contributed by atoms with van der Waals surface area (Å²) in [4.78, 5) is 22.5. The maximum Gasteiger partial charge on any atom is 0.305 e. The quantitative estimate of drug-likeness (QED) is 0.771. The van der Waals surface area contributed by atoms with Crippen LogP contribution in [0.1, 0.15) is 52.9 Å². The molecule has 0 aliphatic heterocycles. The summed E-state index contributed by atoms with van der Waals surface area (Å²) >= 11 is 0. The molecule has 4 heteroatoms. The van der Waals surface area contributed by atoms with Crippen molar-refractivity contribution in [3.63, 3.8) is 0 Å². The third-order valence-electron chi connectivity index (χ3n) is 2.90. The van der Waals surface area contributed by atoms with Gasteiger partial charge >= 0.3 is 5.97 Å². The second kappa shape index (κ2) is 4.44. The standard InChI is InChI=1S/C12H21NO3/c1-11(2,3)7-9(14)13-12(5-4-6-12)8-10(15)16/h4-8H2,1-3H3,(H,13,14)(H,15,16). The molecular weight excluding hydrogens is 206 g/mol. The van der Waals surface area contributed by atoms with Gasteiger partial charge in [0.1, 0.15) is 0 Å². The van der Waals surface area contributed by atoms with E-state index < -0.39 is 11.5 Å². The number of hydrogen-bond donors (Lipinski definition) is 2. The van der Waals surface area contributed by atoms with E-state index in [9.17, 15) is 9.59 Å². The zero-order valence-electron chi connectivity index (χ0n) is 10.3. The van der Waals surface area contributed by atoms with Crippen molar-refractivity contribution in [3.8, 4) is 0 Å². The normalized spacial score (nSPS) is 18.7. The van der Waals surface area contributed by atoms with Crippen LogP contribution in [0.5, 0.6) is 0 Å². The van der Waals surface area contributed by atoms with Crippen LogP contribution in [0.4, 0.5) is 0 Å². The molecule has 0 saturated heterocycles. The lowest BCUT2D eigenvalue weighted by Gasteiger charge is -2.42.